The molecule has 3 aromatic rings. The Kier molecular flexibility index (Phi) is 6.61. The van der Waals surface area contributed by atoms with Crippen molar-refractivity contribution < 1.29 is 19.0 Å². The molecule has 9 heteroatoms. The van der Waals surface area contributed by atoms with Gasteiger partial charge >= 0.3 is 0 Å². The summed E-state index contributed by atoms with van der Waals surface area (Å²) in [5, 5.41) is 12.8. The summed E-state index contributed by atoms with van der Waals surface area (Å²) in [6.07, 6.45) is 7.00. The molecule has 1 saturated carbocycles. The number of nitrogens with one attached hydrogen (secondary N) is 2. The predicted molar refractivity (Wildman–Crippen MR) is 121 cm³/mol. The van der Waals surface area contributed by atoms with Crippen LogP contribution in [0.5, 0.6) is 0 Å². The Hall–Kier alpha value is -2.88. The highest BCUT2D eigenvalue weighted by molar-refractivity contribution is 5.77. The zero-order valence-electron chi connectivity index (χ0n) is 18.3. The number of rotatable bonds is 6. The number of aromatic amines is 1. The lowest BCUT2D eigenvalue weighted by Crippen LogP contribution is -2.29. The Morgan fingerprint density at radius 1 is 1.03 bits per heavy atom. The third-order valence-electron chi connectivity index (χ3n) is 6.14. The summed E-state index contributed by atoms with van der Waals surface area (Å²) in [6, 6.07) is 8.38. The molecule has 2 aromatic heterocycles. The molecule has 0 atom stereocenters. The molecule has 0 radical (unpaired) electrons. The molecule has 0 bridgehead atoms. The van der Waals surface area contributed by atoms with Crippen LogP contribution in [0, 0.1) is 11.7 Å². The number of anilines is 1. The molecule has 2 fully saturated rings. The number of H-pyrrole nitrogens is 1. The third kappa shape index (κ3) is 5.05. The smallest absolute Gasteiger partial charge is 0.223 e. The first-order valence-electron chi connectivity index (χ1n) is 11.5. The van der Waals surface area contributed by atoms with E-state index in [1.54, 1.807) is 18.3 Å². The van der Waals surface area contributed by atoms with Gasteiger partial charge in [-0.2, -0.15) is 0 Å². The molecule has 3 heterocycles. The van der Waals surface area contributed by atoms with Crippen molar-refractivity contribution in [2.45, 2.75) is 44.4 Å². The summed E-state index contributed by atoms with van der Waals surface area (Å²) in [5.41, 5.74) is 2.73. The maximum Gasteiger partial charge on any atom is 0.223 e. The SMILES string of the molecule is OCC1COC(c2nc(-c3ccc(F)cc3)c(-c3ccnc(NC4CCCCC4)n3)[nH]2)OC1. The summed E-state index contributed by atoms with van der Waals surface area (Å²) < 4.78 is 25.1. The second kappa shape index (κ2) is 9.94. The van der Waals surface area contributed by atoms with Crippen molar-refractivity contribution >= 4 is 5.95 Å². The molecular weight excluding hydrogens is 425 g/mol. The topological polar surface area (TPSA) is 105 Å². The van der Waals surface area contributed by atoms with Crippen molar-refractivity contribution in [3.05, 3.63) is 48.2 Å². The fourth-order valence-corrected chi connectivity index (χ4v) is 4.31. The number of nitrogens with zero attached hydrogens (tertiary/aromatic N) is 3. The van der Waals surface area contributed by atoms with E-state index < -0.39 is 6.29 Å². The summed E-state index contributed by atoms with van der Waals surface area (Å²) in [5.74, 6) is 0.714. The highest BCUT2D eigenvalue weighted by Gasteiger charge is 2.28. The van der Waals surface area contributed by atoms with Crippen molar-refractivity contribution in [1.82, 2.24) is 19.9 Å². The first-order chi connectivity index (χ1) is 16.2. The van der Waals surface area contributed by atoms with E-state index in [2.05, 4.69) is 15.3 Å². The average Bonchev–Trinajstić information content (AvgIpc) is 3.31. The molecule has 8 nitrogen and oxygen atoms in total. The van der Waals surface area contributed by atoms with Gasteiger partial charge in [-0.15, -0.1) is 0 Å². The van der Waals surface area contributed by atoms with Gasteiger partial charge in [0.05, 0.1) is 36.9 Å². The molecule has 0 amide bonds. The van der Waals surface area contributed by atoms with Crippen LogP contribution in [0.3, 0.4) is 0 Å². The van der Waals surface area contributed by atoms with E-state index in [9.17, 15) is 9.50 Å². The molecule has 1 aliphatic carbocycles. The molecular formula is C24H28FN5O3. The molecule has 2 aliphatic rings. The minimum atomic E-state index is -0.678. The third-order valence-corrected chi connectivity index (χ3v) is 6.14. The zero-order chi connectivity index (χ0) is 22.6. The van der Waals surface area contributed by atoms with E-state index in [4.69, 9.17) is 19.4 Å². The first kappa shape index (κ1) is 21.9. The standard InChI is InChI=1S/C24H28FN5O3/c25-17-8-6-16(7-9-17)20-21(30-22(29-20)23-32-13-15(12-31)14-33-23)19-10-11-26-24(28-19)27-18-4-2-1-3-5-18/h6-11,15,18,23,31H,1-5,12-14H2,(H,29,30)(H,26,27,28). The minimum absolute atomic E-state index is 0.00859. The van der Waals surface area contributed by atoms with Crippen LogP contribution in [0.25, 0.3) is 22.6 Å². The number of aliphatic hydroxyl groups excluding tert-OH is 1. The van der Waals surface area contributed by atoms with Crippen LogP contribution >= 0.6 is 0 Å². The van der Waals surface area contributed by atoms with Gasteiger partial charge in [0.15, 0.2) is 5.82 Å². The summed E-state index contributed by atoms with van der Waals surface area (Å²) in [6.45, 7) is 0.771. The quantitative estimate of drug-likeness (QED) is 0.517. The fraction of sp³-hybridized carbons (Fsp3) is 0.458. The predicted octanol–water partition coefficient (Wildman–Crippen LogP) is 4.07. The number of hydrogen-bond donors (Lipinski definition) is 3. The lowest BCUT2D eigenvalue weighted by Gasteiger charge is -2.26. The summed E-state index contributed by atoms with van der Waals surface area (Å²) in [7, 11) is 0. The van der Waals surface area contributed by atoms with E-state index >= 15 is 0 Å². The summed E-state index contributed by atoms with van der Waals surface area (Å²) in [4.78, 5) is 17.2. The van der Waals surface area contributed by atoms with Gasteiger partial charge in [0.1, 0.15) is 5.82 Å². The number of hydrogen-bond acceptors (Lipinski definition) is 7. The van der Waals surface area contributed by atoms with Gasteiger partial charge in [-0.3, -0.25) is 0 Å². The highest BCUT2D eigenvalue weighted by Crippen LogP contribution is 2.33. The second-order valence-electron chi connectivity index (χ2n) is 8.64. The van der Waals surface area contributed by atoms with Gasteiger partial charge in [-0.1, -0.05) is 19.3 Å². The van der Waals surface area contributed by atoms with Gasteiger partial charge < -0.3 is 24.9 Å². The van der Waals surface area contributed by atoms with E-state index in [0.29, 0.717) is 48.1 Å². The van der Waals surface area contributed by atoms with Crippen LogP contribution in [0.4, 0.5) is 10.3 Å². The Bertz CT molecular complexity index is 1060. The van der Waals surface area contributed by atoms with E-state index in [-0.39, 0.29) is 18.3 Å². The van der Waals surface area contributed by atoms with E-state index in [0.717, 1.165) is 18.4 Å². The van der Waals surface area contributed by atoms with Crippen LogP contribution in [0.1, 0.15) is 44.2 Å². The maximum absolute atomic E-state index is 13.6. The number of imidazole rings is 1. The van der Waals surface area contributed by atoms with E-state index in [1.165, 1.54) is 31.4 Å². The maximum atomic E-state index is 13.6. The van der Waals surface area contributed by atoms with Crippen LogP contribution in [0.2, 0.25) is 0 Å². The lowest BCUT2D eigenvalue weighted by molar-refractivity contribution is -0.213. The molecule has 0 spiro atoms. The van der Waals surface area contributed by atoms with Crippen LogP contribution in [0.15, 0.2) is 36.5 Å². The second-order valence-corrected chi connectivity index (χ2v) is 8.64. The van der Waals surface area contributed by atoms with Crippen molar-refractivity contribution in [3.63, 3.8) is 0 Å². The Balaban J connectivity index is 1.47. The first-order valence-corrected chi connectivity index (χ1v) is 11.5. The molecule has 1 aliphatic heterocycles. The minimum Gasteiger partial charge on any atom is -0.396 e. The normalized spacial score (nSPS) is 21.8. The van der Waals surface area contributed by atoms with Crippen LogP contribution in [-0.4, -0.2) is 50.9 Å². The molecule has 3 N–H and O–H groups in total. The molecule has 33 heavy (non-hydrogen) atoms. The number of ether oxygens (including phenoxy) is 2. The number of aromatic nitrogens is 4. The molecule has 1 saturated heterocycles. The molecule has 174 valence electrons. The number of halogens is 1. The Labute approximate surface area is 191 Å². The summed E-state index contributed by atoms with van der Waals surface area (Å²) >= 11 is 0. The zero-order valence-corrected chi connectivity index (χ0v) is 18.3. The molecule has 0 unspecified atom stereocenters. The lowest BCUT2D eigenvalue weighted by atomic mass is 9.96. The van der Waals surface area contributed by atoms with Crippen LogP contribution < -0.4 is 5.32 Å². The Morgan fingerprint density at radius 3 is 2.52 bits per heavy atom. The monoisotopic (exact) mass is 453 g/mol. The van der Waals surface area contributed by atoms with Gasteiger partial charge in [0, 0.05) is 23.7 Å². The largest absolute Gasteiger partial charge is 0.396 e. The van der Waals surface area contributed by atoms with Gasteiger partial charge in [-0.25, -0.2) is 19.3 Å². The molecule has 5 rings (SSSR count). The van der Waals surface area contributed by atoms with Gasteiger partial charge in [0.2, 0.25) is 12.2 Å². The average molecular weight is 454 g/mol. The van der Waals surface area contributed by atoms with Crippen molar-refractivity contribution in [2.75, 3.05) is 25.1 Å². The number of benzene rings is 1. The fourth-order valence-electron chi connectivity index (χ4n) is 4.31. The van der Waals surface area contributed by atoms with Crippen molar-refractivity contribution in [1.29, 1.82) is 0 Å². The molecule has 1 aromatic carbocycles. The number of aliphatic hydroxyl groups is 1. The van der Waals surface area contributed by atoms with Gasteiger partial charge in [0.25, 0.3) is 0 Å². The highest BCUT2D eigenvalue weighted by atomic mass is 19.1. The Morgan fingerprint density at radius 2 is 1.79 bits per heavy atom. The van der Waals surface area contributed by atoms with Crippen LogP contribution in [-0.2, 0) is 9.47 Å². The van der Waals surface area contributed by atoms with E-state index in [1.807, 2.05) is 6.07 Å². The van der Waals surface area contributed by atoms with Crippen molar-refractivity contribution in [2.24, 2.45) is 5.92 Å². The van der Waals surface area contributed by atoms with Gasteiger partial charge in [-0.05, 0) is 43.2 Å². The van der Waals surface area contributed by atoms with Crippen molar-refractivity contribution in [3.8, 4) is 22.6 Å².